The first-order valence-electron chi connectivity index (χ1n) is 9.63. The van der Waals surface area contributed by atoms with Crippen molar-refractivity contribution in [2.75, 3.05) is 25.5 Å². The summed E-state index contributed by atoms with van der Waals surface area (Å²) in [4.78, 5) is 26.6. The minimum atomic E-state index is -0.310. The van der Waals surface area contributed by atoms with E-state index in [0.29, 0.717) is 23.7 Å². The molecule has 2 aromatic carbocycles. The van der Waals surface area contributed by atoms with Gasteiger partial charge in [-0.1, -0.05) is 25.1 Å². The van der Waals surface area contributed by atoms with Crippen LogP contribution in [0, 0.1) is 5.92 Å². The molecule has 2 N–H and O–H groups in total. The van der Waals surface area contributed by atoms with Crippen LogP contribution in [0.3, 0.4) is 0 Å². The lowest BCUT2D eigenvalue weighted by Gasteiger charge is -2.30. The van der Waals surface area contributed by atoms with Gasteiger partial charge < -0.3 is 20.3 Å². The Labute approximate surface area is 165 Å². The second kappa shape index (κ2) is 9.26. The van der Waals surface area contributed by atoms with E-state index in [9.17, 15) is 9.59 Å². The summed E-state index contributed by atoms with van der Waals surface area (Å²) in [7, 11) is 1.60. The number of hydrogen-bond donors (Lipinski definition) is 2. The average molecular weight is 381 g/mol. The molecule has 0 aliphatic carbocycles. The van der Waals surface area contributed by atoms with E-state index in [1.165, 1.54) is 0 Å². The molecule has 28 heavy (non-hydrogen) atoms. The second-order valence-electron chi connectivity index (χ2n) is 7.17. The van der Waals surface area contributed by atoms with Crippen molar-refractivity contribution in [3.05, 3.63) is 59.7 Å². The van der Waals surface area contributed by atoms with Gasteiger partial charge in [0, 0.05) is 36.4 Å². The molecule has 3 rings (SSSR count). The van der Waals surface area contributed by atoms with Gasteiger partial charge in [0.15, 0.2) is 0 Å². The molecule has 0 unspecified atom stereocenters. The van der Waals surface area contributed by atoms with Crippen molar-refractivity contribution in [3.63, 3.8) is 0 Å². The van der Waals surface area contributed by atoms with Crippen molar-refractivity contribution in [3.8, 4) is 5.75 Å². The van der Waals surface area contributed by atoms with Gasteiger partial charge in [-0.25, -0.2) is 4.79 Å². The second-order valence-corrected chi connectivity index (χ2v) is 7.17. The highest BCUT2D eigenvalue weighted by atomic mass is 16.5. The van der Waals surface area contributed by atoms with Gasteiger partial charge in [0.25, 0.3) is 5.91 Å². The summed E-state index contributed by atoms with van der Waals surface area (Å²) in [6, 6.07) is 14.3. The summed E-state index contributed by atoms with van der Waals surface area (Å²) < 4.78 is 5.28. The molecule has 1 heterocycles. The van der Waals surface area contributed by atoms with Crippen molar-refractivity contribution in [2.45, 2.75) is 26.3 Å². The Bertz CT molecular complexity index is 812. The van der Waals surface area contributed by atoms with Crippen LogP contribution in [0.2, 0.25) is 0 Å². The number of nitrogens with one attached hydrogen (secondary N) is 2. The first kappa shape index (κ1) is 19.7. The predicted octanol–water partition coefficient (Wildman–Crippen LogP) is 3.89. The quantitative estimate of drug-likeness (QED) is 0.825. The Morgan fingerprint density at radius 2 is 1.75 bits per heavy atom. The lowest BCUT2D eigenvalue weighted by molar-refractivity contribution is 0.0697. The summed E-state index contributed by atoms with van der Waals surface area (Å²) in [6.07, 6.45) is 2.11. The minimum Gasteiger partial charge on any atom is -0.496 e. The zero-order chi connectivity index (χ0) is 19.9. The van der Waals surface area contributed by atoms with Crippen molar-refractivity contribution < 1.29 is 14.3 Å². The van der Waals surface area contributed by atoms with Crippen molar-refractivity contribution in [1.82, 2.24) is 10.2 Å². The molecule has 6 heteroatoms. The van der Waals surface area contributed by atoms with E-state index in [1.54, 1.807) is 31.4 Å². The fourth-order valence-corrected chi connectivity index (χ4v) is 3.29. The third-order valence-electron chi connectivity index (χ3n) is 5.09. The van der Waals surface area contributed by atoms with E-state index in [4.69, 9.17) is 4.74 Å². The van der Waals surface area contributed by atoms with Crippen LogP contribution < -0.4 is 15.4 Å². The molecule has 1 saturated heterocycles. The number of para-hydroxylation sites is 1. The van der Waals surface area contributed by atoms with Crippen molar-refractivity contribution in [2.24, 2.45) is 5.92 Å². The number of carbonyl (C=O) groups is 2. The molecule has 0 atom stereocenters. The molecule has 3 amide bonds. The Morgan fingerprint density at radius 3 is 2.43 bits per heavy atom. The Balaban J connectivity index is 1.52. The van der Waals surface area contributed by atoms with Gasteiger partial charge in [0.05, 0.1) is 7.11 Å². The zero-order valence-electron chi connectivity index (χ0n) is 16.4. The lowest BCUT2D eigenvalue weighted by atomic mass is 9.98. The maximum atomic E-state index is 12.6. The van der Waals surface area contributed by atoms with Gasteiger partial charge in [-0.15, -0.1) is 0 Å². The Kier molecular flexibility index (Phi) is 6.53. The van der Waals surface area contributed by atoms with Crippen LogP contribution in [0.5, 0.6) is 5.75 Å². The van der Waals surface area contributed by atoms with E-state index in [1.807, 2.05) is 29.2 Å². The smallest absolute Gasteiger partial charge is 0.319 e. The van der Waals surface area contributed by atoms with Gasteiger partial charge in [0.1, 0.15) is 5.75 Å². The molecular formula is C22H27N3O3. The van der Waals surface area contributed by atoms with Gasteiger partial charge in [-0.3, -0.25) is 4.79 Å². The highest BCUT2D eigenvalue weighted by Gasteiger charge is 2.21. The van der Waals surface area contributed by atoms with Crippen LogP contribution in [0.25, 0.3) is 0 Å². The molecule has 6 nitrogen and oxygen atoms in total. The molecule has 0 aromatic heterocycles. The van der Waals surface area contributed by atoms with Gasteiger partial charge in [-0.05, 0) is 49.1 Å². The number of rotatable bonds is 5. The molecule has 148 valence electrons. The Hall–Kier alpha value is -3.02. The summed E-state index contributed by atoms with van der Waals surface area (Å²) in [5, 5.41) is 5.60. The van der Waals surface area contributed by atoms with Crippen molar-refractivity contribution in [1.29, 1.82) is 0 Å². The molecule has 0 spiro atoms. The molecule has 0 radical (unpaired) electrons. The monoisotopic (exact) mass is 381 g/mol. The fourth-order valence-electron chi connectivity index (χ4n) is 3.29. The largest absolute Gasteiger partial charge is 0.496 e. The highest BCUT2D eigenvalue weighted by molar-refractivity contribution is 5.95. The predicted molar refractivity (Wildman–Crippen MR) is 110 cm³/mol. The molecular weight excluding hydrogens is 354 g/mol. The summed E-state index contributed by atoms with van der Waals surface area (Å²) in [5.41, 5.74) is 2.19. The normalized spacial score (nSPS) is 14.4. The van der Waals surface area contributed by atoms with E-state index < -0.39 is 0 Å². The molecule has 0 bridgehead atoms. The minimum absolute atomic E-state index is 0.0547. The molecule has 1 fully saturated rings. The third kappa shape index (κ3) is 5.03. The van der Waals surface area contributed by atoms with Crippen molar-refractivity contribution >= 4 is 17.6 Å². The van der Waals surface area contributed by atoms with Crippen LogP contribution in [-0.4, -0.2) is 37.0 Å². The number of likely N-dealkylation sites (tertiary alicyclic amines) is 1. The summed E-state index contributed by atoms with van der Waals surface area (Å²) in [6.45, 7) is 4.21. The zero-order valence-corrected chi connectivity index (χ0v) is 16.4. The van der Waals surface area contributed by atoms with E-state index in [2.05, 4.69) is 17.6 Å². The van der Waals surface area contributed by atoms with E-state index in [0.717, 1.165) is 37.2 Å². The van der Waals surface area contributed by atoms with Gasteiger partial charge >= 0.3 is 6.03 Å². The van der Waals surface area contributed by atoms with E-state index >= 15 is 0 Å². The van der Waals surface area contributed by atoms with Crippen LogP contribution >= 0.6 is 0 Å². The number of hydrogen-bond acceptors (Lipinski definition) is 3. The number of piperidine rings is 1. The number of amides is 3. The van der Waals surface area contributed by atoms with Gasteiger partial charge in [-0.2, -0.15) is 0 Å². The lowest BCUT2D eigenvalue weighted by Crippen LogP contribution is -2.37. The fraction of sp³-hybridized carbons (Fsp3) is 0.364. The number of ether oxygens (including phenoxy) is 1. The number of urea groups is 1. The summed E-state index contributed by atoms with van der Waals surface area (Å²) >= 11 is 0. The molecule has 0 saturated carbocycles. The first-order valence-corrected chi connectivity index (χ1v) is 9.63. The molecule has 1 aliphatic heterocycles. The number of nitrogens with zero attached hydrogens (tertiary/aromatic N) is 1. The SMILES string of the molecule is COc1ccccc1CNC(=O)Nc1ccc(C(=O)N2CCC(C)CC2)cc1. The van der Waals surface area contributed by atoms with Crippen LogP contribution in [-0.2, 0) is 6.54 Å². The third-order valence-corrected chi connectivity index (χ3v) is 5.09. The number of methoxy groups -OCH3 is 1. The van der Waals surface area contributed by atoms with Crippen LogP contribution in [0.4, 0.5) is 10.5 Å². The maximum absolute atomic E-state index is 12.6. The van der Waals surface area contributed by atoms with E-state index in [-0.39, 0.29) is 11.9 Å². The topological polar surface area (TPSA) is 70.7 Å². The van der Waals surface area contributed by atoms with Crippen LogP contribution in [0.15, 0.2) is 48.5 Å². The van der Waals surface area contributed by atoms with Gasteiger partial charge in [0.2, 0.25) is 0 Å². The average Bonchev–Trinajstić information content (AvgIpc) is 2.73. The molecule has 1 aliphatic rings. The maximum Gasteiger partial charge on any atom is 0.319 e. The highest BCUT2D eigenvalue weighted by Crippen LogP contribution is 2.19. The summed E-state index contributed by atoms with van der Waals surface area (Å²) in [5.74, 6) is 1.47. The first-order chi connectivity index (χ1) is 13.6. The number of carbonyl (C=O) groups excluding carboxylic acids is 2. The van der Waals surface area contributed by atoms with Crippen LogP contribution in [0.1, 0.15) is 35.7 Å². The molecule has 2 aromatic rings. The number of benzene rings is 2. The number of anilines is 1. The standard InChI is InChI=1S/C22H27N3O3/c1-16-11-13-25(14-12-16)21(26)17-7-9-19(10-8-17)24-22(27)23-15-18-5-3-4-6-20(18)28-2/h3-10,16H,11-15H2,1-2H3,(H2,23,24,27). The Morgan fingerprint density at radius 1 is 1.07 bits per heavy atom.